The highest BCUT2D eigenvalue weighted by molar-refractivity contribution is 5.86. The van der Waals surface area contributed by atoms with E-state index in [2.05, 4.69) is 9.98 Å². The smallest absolute Gasteiger partial charge is 0.144 e. The van der Waals surface area contributed by atoms with E-state index in [1.54, 1.807) is 36.7 Å². The molecular weight excluding hydrogens is 488 g/mol. The molecule has 2 N–H and O–H groups in total. The van der Waals surface area contributed by atoms with Crippen LogP contribution in [0.25, 0.3) is 0 Å². The number of hydrogen-bond donors (Lipinski definition) is 2. The maximum absolute atomic E-state index is 9.93. The Morgan fingerprint density at radius 2 is 0.872 bits per heavy atom. The Bertz CT molecular complexity index is 1280. The van der Waals surface area contributed by atoms with E-state index in [0.29, 0.717) is 24.3 Å². The maximum Gasteiger partial charge on any atom is 0.144 e. The Labute approximate surface area is 229 Å². The number of aliphatic imine (C=N–C) groups is 2. The van der Waals surface area contributed by atoms with E-state index in [9.17, 15) is 10.2 Å². The molecule has 4 aromatic carbocycles. The highest BCUT2D eigenvalue weighted by Crippen LogP contribution is 2.29. The number of hydrogen-bond acceptors (Lipinski definition) is 6. The van der Waals surface area contributed by atoms with Gasteiger partial charge in [-0.05, 0) is 61.4 Å². The molecular formula is C33H34N2O4. The van der Waals surface area contributed by atoms with Gasteiger partial charge < -0.3 is 19.7 Å². The van der Waals surface area contributed by atoms with Crippen molar-refractivity contribution in [1.82, 2.24) is 0 Å². The number of rotatable bonds is 14. The number of benzene rings is 4. The molecule has 0 saturated heterocycles. The average molecular weight is 523 g/mol. The van der Waals surface area contributed by atoms with Crippen molar-refractivity contribution >= 4 is 23.8 Å². The molecule has 0 radical (unpaired) electrons. The third kappa shape index (κ3) is 8.75. The second-order valence-corrected chi connectivity index (χ2v) is 9.03. The Hall–Kier alpha value is -4.58. The molecule has 0 unspecified atom stereocenters. The first-order valence-corrected chi connectivity index (χ1v) is 13.3. The van der Waals surface area contributed by atoms with Crippen LogP contribution < -0.4 is 9.47 Å². The molecule has 39 heavy (non-hydrogen) atoms. The summed E-state index contributed by atoms with van der Waals surface area (Å²) in [5, 5.41) is 19.9. The zero-order valence-electron chi connectivity index (χ0n) is 21.9. The summed E-state index contributed by atoms with van der Waals surface area (Å²) in [4.78, 5) is 9.01. The first kappa shape index (κ1) is 27.5. The molecule has 200 valence electrons. The summed E-state index contributed by atoms with van der Waals surface area (Å²) in [6, 6.07) is 29.6. The second-order valence-electron chi connectivity index (χ2n) is 9.03. The summed E-state index contributed by atoms with van der Waals surface area (Å²) in [5.74, 6) is 1.88. The third-order valence-electron chi connectivity index (χ3n) is 6.09. The van der Waals surface area contributed by atoms with Crippen LogP contribution in [0.3, 0.4) is 0 Å². The van der Waals surface area contributed by atoms with Crippen LogP contribution in [0.5, 0.6) is 23.0 Å². The van der Waals surface area contributed by atoms with Crippen LogP contribution in [0.15, 0.2) is 107 Å². The molecule has 0 aliphatic rings. The molecule has 0 saturated carbocycles. The van der Waals surface area contributed by atoms with E-state index in [1.807, 2.05) is 72.8 Å². The van der Waals surface area contributed by atoms with E-state index in [-0.39, 0.29) is 11.5 Å². The Morgan fingerprint density at radius 1 is 0.487 bits per heavy atom. The van der Waals surface area contributed by atoms with Crippen molar-refractivity contribution in [2.24, 2.45) is 9.98 Å². The van der Waals surface area contributed by atoms with Gasteiger partial charge in [-0.3, -0.25) is 9.98 Å². The summed E-state index contributed by atoms with van der Waals surface area (Å²) in [5.41, 5.74) is 2.81. The van der Waals surface area contributed by atoms with Gasteiger partial charge in [0.15, 0.2) is 0 Å². The molecule has 6 heteroatoms. The lowest BCUT2D eigenvalue weighted by atomic mass is 10.1. The lowest BCUT2D eigenvalue weighted by Crippen LogP contribution is -1.99. The van der Waals surface area contributed by atoms with Gasteiger partial charge in [0, 0.05) is 23.6 Å². The summed E-state index contributed by atoms with van der Waals surface area (Å²) >= 11 is 0. The van der Waals surface area contributed by atoms with Crippen molar-refractivity contribution in [3.05, 3.63) is 108 Å². The standard InChI is InChI=1S/C33H34N2O4/c36-30-18-8-4-14-26(30)24-34-28-16-6-10-20-32(28)38-22-12-2-1-3-13-23-39-33-21-11-7-17-29(33)35-25-27-15-5-9-19-31(27)37/h4-11,14-21,24-25,36-37H,1-3,12-13,22-23H2. The van der Waals surface area contributed by atoms with Crippen molar-refractivity contribution in [2.75, 3.05) is 13.2 Å². The number of phenols is 2. The molecule has 0 fully saturated rings. The normalized spacial score (nSPS) is 11.3. The molecule has 0 spiro atoms. The lowest BCUT2D eigenvalue weighted by molar-refractivity contribution is 0.294. The van der Waals surface area contributed by atoms with Gasteiger partial charge in [0.25, 0.3) is 0 Å². The van der Waals surface area contributed by atoms with E-state index in [0.717, 1.165) is 55.0 Å². The summed E-state index contributed by atoms with van der Waals surface area (Å²) in [6.45, 7) is 1.25. The number of ether oxygens (including phenoxy) is 2. The van der Waals surface area contributed by atoms with E-state index in [1.165, 1.54) is 0 Å². The molecule has 4 aromatic rings. The number of nitrogens with zero attached hydrogens (tertiary/aromatic N) is 2. The van der Waals surface area contributed by atoms with Crippen LogP contribution in [0.2, 0.25) is 0 Å². The predicted octanol–water partition coefficient (Wildman–Crippen LogP) is 8.01. The van der Waals surface area contributed by atoms with Gasteiger partial charge in [0.05, 0.1) is 13.2 Å². The van der Waals surface area contributed by atoms with Gasteiger partial charge in [-0.1, -0.05) is 67.8 Å². The van der Waals surface area contributed by atoms with Crippen LogP contribution >= 0.6 is 0 Å². The number of phenolic OH excluding ortho intramolecular Hbond substituents is 2. The molecule has 0 amide bonds. The topological polar surface area (TPSA) is 83.6 Å². The minimum Gasteiger partial charge on any atom is -0.507 e. The minimum atomic E-state index is 0.201. The quantitative estimate of drug-likeness (QED) is 0.130. The van der Waals surface area contributed by atoms with E-state index in [4.69, 9.17) is 9.47 Å². The maximum atomic E-state index is 9.93. The molecule has 0 heterocycles. The molecule has 0 aliphatic heterocycles. The van der Waals surface area contributed by atoms with Crippen LogP contribution in [0.4, 0.5) is 11.4 Å². The largest absolute Gasteiger partial charge is 0.507 e. The fourth-order valence-electron chi connectivity index (χ4n) is 3.94. The van der Waals surface area contributed by atoms with Crippen molar-refractivity contribution in [1.29, 1.82) is 0 Å². The van der Waals surface area contributed by atoms with Crippen molar-refractivity contribution < 1.29 is 19.7 Å². The number of unbranched alkanes of at least 4 members (excludes halogenated alkanes) is 4. The Kier molecular flexibility index (Phi) is 10.5. The summed E-state index contributed by atoms with van der Waals surface area (Å²) in [7, 11) is 0. The first-order chi connectivity index (χ1) is 19.2. The van der Waals surface area contributed by atoms with Crippen LogP contribution in [0, 0.1) is 0 Å². The first-order valence-electron chi connectivity index (χ1n) is 13.3. The van der Waals surface area contributed by atoms with Crippen LogP contribution in [-0.2, 0) is 0 Å². The zero-order chi connectivity index (χ0) is 27.1. The molecule has 0 atom stereocenters. The van der Waals surface area contributed by atoms with Gasteiger partial charge in [-0.25, -0.2) is 0 Å². The average Bonchev–Trinajstić information content (AvgIpc) is 2.96. The van der Waals surface area contributed by atoms with Gasteiger partial charge in [0.1, 0.15) is 34.4 Å². The van der Waals surface area contributed by atoms with Crippen molar-refractivity contribution in [3.8, 4) is 23.0 Å². The minimum absolute atomic E-state index is 0.201. The number of aromatic hydroxyl groups is 2. The summed E-state index contributed by atoms with van der Waals surface area (Å²) < 4.78 is 12.0. The van der Waals surface area contributed by atoms with Gasteiger partial charge in [-0.15, -0.1) is 0 Å². The Balaban J connectivity index is 1.14. The van der Waals surface area contributed by atoms with Crippen molar-refractivity contribution in [3.63, 3.8) is 0 Å². The summed E-state index contributed by atoms with van der Waals surface area (Å²) in [6.07, 6.45) is 8.48. The fourth-order valence-corrected chi connectivity index (χ4v) is 3.94. The highest BCUT2D eigenvalue weighted by atomic mass is 16.5. The molecule has 0 aliphatic carbocycles. The monoisotopic (exact) mass is 522 g/mol. The highest BCUT2D eigenvalue weighted by Gasteiger charge is 2.04. The van der Waals surface area contributed by atoms with Crippen molar-refractivity contribution in [2.45, 2.75) is 32.1 Å². The van der Waals surface area contributed by atoms with E-state index < -0.39 is 0 Å². The Morgan fingerprint density at radius 3 is 1.33 bits per heavy atom. The second kappa shape index (κ2) is 15.0. The SMILES string of the molecule is Oc1ccccc1C=Nc1ccccc1OCCCCCCCOc1ccccc1N=Cc1ccccc1O. The van der Waals surface area contributed by atoms with Gasteiger partial charge in [-0.2, -0.15) is 0 Å². The molecule has 4 rings (SSSR count). The van der Waals surface area contributed by atoms with Gasteiger partial charge >= 0.3 is 0 Å². The molecule has 0 aromatic heterocycles. The zero-order valence-corrected chi connectivity index (χ0v) is 21.9. The third-order valence-corrected chi connectivity index (χ3v) is 6.09. The predicted molar refractivity (Wildman–Crippen MR) is 158 cm³/mol. The molecule has 0 bridgehead atoms. The lowest BCUT2D eigenvalue weighted by Gasteiger charge is -2.10. The van der Waals surface area contributed by atoms with Gasteiger partial charge in [0.2, 0.25) is 0 Å². The fraction of sp³-hybridized carbons (Fsp3) is 0.212. The molecule has 6 nitrogen and oxygen atoms in total. The van der Waals surface area contributed by atoms with E-state index >= 15 is 0 Å². The number of para-hydroxylation sites is 6. The van der Waals surface area contributed by atoms with Crippen LogP contribution in [0.1, 0.15) is 43.2 Å². The van der Waals surface area contributed by atoms with Crippen LogP contribution in [-0.4, -0.2) is 35.9 Å².